The van der Waals surface area contributed by atoms with Crippen molar-refractivity contribution in [2.75, 3.05) is 46.0 Å². The van der Waals surface area contributed by atoms with Gasteiger partial charge in [0.15, 0.2) is 0 Å². The number of para-hydroxylation sites is 1. The molecule has 0 unspecified atom stereocenters. The summed E-state index contributed by atoms with van der Waals surface area (Å²) in [5.41, 5.74) is 2.97. The molecule has 30 heavy (non-hydrogen) atoms. The Kier molecular flexibility index (Phi) is 7.02. The van der Waals surface area contributed by atoms with Crippen molar-refractivity contribution in [1.82, 2.24) is 20.0 Å². The molecule has 1 amide bonds. The van der Waals surface area contributed by atoms with Crippen molar-refractivity contribution in [3.63, 3.8) is 0 Å². The van der Waals surface area contributed by atoms with E-state index in [4.69, 9.17) is 9.47 Å². The first-order chi connectivity index (χ1) is 14.8. The highest BCUT2D eigenvalue weighted by atomic mass is 16.5. The molecule has 0 radical (unpaired) electrons. The molecule has 1 aromatic carbocycles. The van der Waals surface area contributed by atoms with Crippen LogP contribution in [-0.4, -0.2) is 71.9 Å². The van der Waals surface area contributed by atoms with Crippen molar-refractivity contribution in [2.24, 2.45) is 0 Å². The number of nitrogens with zero attached hydrogens (tertiary/aromatic N) is 3. The number of ether oxygens (including phenoxy) is 2. The minimum atomic E-state index is 0.0754. The number of benzene rings is 1. The van der Waals surface area contributed by atoms with Crippen LogP contribution in [0.1, 0.15) is 53.7 Å². The summed E-state index contributed by atoms with van der Waals surface area (Å²) in [4.78, 5) is 17.3. The van der Waals surface area contributed by atoms with Crippen LogP contribution in [0.25, 0.3) is 0 Å². The molecule has 0 atom stereocenters. The molecule has 2 fully saturated rings. The molecule has 1 aromatic heterocycles. The van der Waals surface area contributed by atoms with Crippen LogP contribution in [0.4, 0.5) is 0 Å². The van der Waals surface area contributed by atoms with Gasteiger partial charge in [0.1, 0.15) is 5.75 Å². The Morgan fingerprint density at radius 2 is 1.97 bits per heavy atom. The Morgan fingerprint density at radius 3 is 2.73 bits per heavy atom. The van der Waals surface area contributed by atoms with Gasteiger partial charge in [0.2, 0.25) is 0 Å². The zero-order valence-corrected chi connectivity index (χ0v) is 17.8. The molecule has 4 rings (SSSR count). The number of carbonyl (C=O) groups is 1. The molecule has 0 bridgehead atoms. The summed E-state index contributed by atoms with van der Waals surface area (Å²) in [6, 6.07) is 8.33. The number of piperidine rings is 1. The summed E-state index contributed by atoms with van der Waals surface area (Å²) in [6.45, 7) is 8.30. The minimum absolute atomic E-state index is 0.0754. The number of aromatic nitrogens is 2. The SMILES string of the molecule is CCCOc1ccccc1CN1CCC(c2[nH]ncc2C(=O)N2CCOCC2)CC1. The van der Waals surface area contributed by atoms with Crippen molar-refractivity contribution in [1.29, 1.82) is 0 Å². The van der Waals surface area contributed by atoms with Gasteiger partial charge in [0.25, 0.3) is 5.91 Å². The molecule has 1 N–H and O–H groups in total. The van der Waals surface area contributed by atoms with E-state index in [9.17, 15) is 4.79 Å². The summed E-state index contributed by atoms with van der Waals surface area (Å²) in [5.74, 6) is 1.41. The second-order valence-corrected chi connectivity index (χ2v) is 8.11. The molecule has 0 spiro atoms. The van der Waals surface area contributed by atoms with E-state index < -0.39 is 0 Å². The quantitative estimate of drug-likeness (QED) is 0.757. The molecule has 2 saturated heterocycles. The Bertz CT molecular complexity index is 823. The van der Waals surface area contributed by atoms with Gasteiger partial charge in [-0.2, -0.15) is 5.10 Å². The van der Waals surface area contributed by atoms with Crippen LogP contribution >= 0.6 is 0 Å². The third-order valence-corrected chi connectivity index (χ3v) is 6.02. The van der Waals surface area contributed by atoms with Crippen molar-refractivity contribution >= 4 is 5.91 Å². The summed E-state index contributed by atoms with van der Waals surface area (Å²) < 4.78 is 11.3. The van der Waals surface area contributed by atoms with Crippen molar-refractivity contribution in [2.45, 2.75) is 38.6 Å². The predicted octanol–water partition coefficient (Wildman–Crippen LogP) is 3.05. The van der Waals surface area contributed by atoms with Crippen molar-refractivity contribution in [3.8, 4) is 5.75 Å². The third kappa shape index (κ3) is 4.84. The van der Waals surface area contributed by atoms with Gasteiger partial charge in [-0.05, 0) is 38.4 Å². The summed E-state index contributed by atoms with van der Waals surface area (Å²) >= 11 is 0. The second-order valence-electron chi connectivity index (χ2n) is 8.11. The minimum Gasteiger partial charge on any atom is -0.493 e. The van der Waals surface area contributed by atoms with Gasteiger partial charge in [0.05, 0.1) is 37.3 Å². The van der Waals surface area contributed by atoms with Crippen LogP contribution < -0.4 is 4.74 Å². The Labute approximate surface area is 178 Å². The first kappa shape index (κ1) is 20.9. The molecule has 7 heteroatoms. The molecule has 162 valence electrons. The highest BCUT2D eigenvalue weighted by molar-refractivity contribution is 5.95. The molecule has 7 nitrogen and oxygen atoms in total. The van der Waals surface area contributed by atoms with E-state index in [0.717, 1.165) is 62.5 Å². The molecule has 3 heterocycles. The number of hydrogen-bond donors (Lipinski definition) is 1. The topological polar surface area (TPSA) is 70.7 Å². The van der Waals surface area contributed by atoms with Crippen LogP contribution in [-0.2, 0) is 11.3 Å². The van der Waals surface area contributed by atoms with Gasteiger partial charge in [-0.15, -0.1) is 0 Å². The van der Waals surface area contributed by atoms with E-state index in [2.05, 4.69) is 40.2 Å². The van der Waals surface area contributed by atoms with Crippen LogP contribution in [0.2, 0.25) is 0 Å². The van der Waals surface area contributed by atoms with Gasteiger partial charge < -0.3 is 14.4 Å². The number of nitrogens with one attached hydrogen (secondary N) is 1. The van der Waals surface area contributed by atoms with Gasteiger partial charge in [-0.25, -0.2) is 0 Å². The van der Waals surface area contributed by atoms with Gasteiger partial charge >= 0.3 is 0 Å². The Hall–Kier alpha value is -2.38. The average molecular weight is 413 g/mol. The zero-order valence-electron chi connectivity index (χ0n) is 17.8. The lowest BCUT2D eigenvalue weighted by molar-refractivity contribution is 0.0301. The van der Waals surface area contributed by atoms with Crippen LogP contribution in [0.15, 0.2) is 30.5 Å². The van der Waals surface area contributed by atoms with E-state index in [0.29, 0.717) is 32.2 Å². The maximum absolute atomic E-state index is 12.9. The molecule has 2 aliphatic heterocycles. The molecule has 0 aliphatic carbocycles. The smallest absolute Gasteiger partial charge is 0.257 e. The summed E-state index contributed by atoms with van der Waals surface area (Å²) in [5, 5.41) is 7.33. The fourth-order valence-electron chi connectivity index (χ4n) is 4.32. The van der Waals surface area contributed by atoms with Crippen LogP contribution in [0, 0.1) is 0 Å². The van der Waals surface area contributed by atoms with E-state index >= 15 is 0 Å². The zero-order chi connectivity index (χ0) is 20.8. The number of likely N-dealkylation sites (tertiary alicyclic amines) is 1. The number of aromatic amines is 1. The normalized spacial score (nSPS) is 18.5. The molecule has 2 aromatic rings. The van der Waals surface area contributed by atoms with Crippen LogP contribution in [0.5, 0.6) is 5.75 Å². The number of morpholine rings is 1. The van der Waals surface area contributed by atoms with E-state index in [1.165, 1.54) is 5.56 Å². The Balaban J connectivity index is 1.36. The van der Waals surface area contributed by atoms with Crippen molar-refractivity contribution in [3.05, 3.63) is 47.3 Å². The standard InChI is InChI=1S/C23H32N4O3/c1-2-13-30-21-6-4-3-5-19(21)17-26-9-7-18(8-10-26)22-20(16-24-25-22)23(28)27-11-14-29-15-12-27/h3-6,16,18H,2,7-15,17H2,1H3,(H,24,25). The maximum atomic E-state index is 12.9. The summed E-state index contributed by atoms with van der Waals surface area (Å²) in [7, 11) is 0. The Morgan fingerprint density at radius 1 is 1.20 bits per heavy atom. The van der Waals surface area contributed by atoms with E-state index in [1.54, 1.807) is 6.20 Å². The maximum Gasteiger partial charge on any atom is 0.257 e. The van der Waals surface area contributed by atoms with Crippen molar-refractivity contribution < 1.29 is 14.3 Å². The highest BCUT2D eigenvalue weighted by Crippen LogP contribution is 2.31. The molecule has 2 aliphatic rings. The highest BCUT2D eigenvalue weighted by Gasteiger charge is 2.29. The fourth-order valence-corrected chi connectivity index (χ4v) is 4.32. The predicted molar refractivity (Wildman–Crippen MR) is 115 cm³/mol. The first-order valence-corrected chi connectivity index (χ1v) is 11.1. The fraction of sp³-hybridized carbons (Fsp3) is 0.565. The molecular formula is C23H32N4O3. The monoisotopic (exact) mass is 412 g/mol. The largest absolute Gasteiger partial charge is 0.493 e. The average Bonchev–Trinajstić information content (AvgIpc) is 3.29. The summed E-state index contributed by atoms with van der Waals surface area (Å²) in [6.07, 6.45) is 4.74. The lowest BCUT2D eigenvalue weighted by Gasteiger charge is -2.32. The van der Waals surface area contributed by atoms with Gasteiger partial charge in [0, 0.05) is 31.1 Å². The van der Waals surface area contributed by atoms with E-state index in [-0.39, 0.29) is 5.91 Å². The van der Waals surface area contributed by atoms with Gasteiger partial charge in [-0.3, -0.25) is 14.8 Å². The van der Waals surface area contributed by atoms with Crippen LogP contribution in [0.3, 0.4) is 0 Å². The number of rotatable bonds is 7. The second kappa shape index (κ2) is 10.1. The third-order valence-electron chi connectivity index (χ3n) is 6.02. The molecule has 0 saturated carbocycles. The number of hydrogen-bond acceptors (Lipinski definition) is 5. The lowest BCUT2D eigenvalue weighted by Crippen LogP contribution is -2.41. The lowest BCUT2D eigenvalue weighted by atomic mass is 9.91. The van der Waals surface area contributed by atoms with E-state index in [1.807, 2.05) is 11.0 Å². The number of H-pyrrole nitrogens is 1. The molecular weight excluding hydrogens is 380 g/mol. The first-order valence-electron chi connectivity index (χ1n) is 11.1. The van der Waals surface area contributed by atoms with Gasteiger partial charge in [-0.1, -0.05) is 25.1 Å². The number of carbonyl (C=O) groups excluding carboxylic acids is 1. The number of amides is 1.